The van der Waals surface area contributed by atoms with Gasteiger partial charge in [0.1, 0.15) is 0 Å². The molecule has 0 radical (unpaired) electrons. The molecule has 0 N–H and O–H groups in total. The maximum absolute atomic E-state index is 13.0. The molecule has 0 unspecified atom stereocenters. The van der Waals surface area contributed by atoms with E-state index in [9.17, 15) is 13.2 Å². The summed E-state index contributed by atoms with van der Waals surface area (Å²) in [5, 5.41) is 0. The minimum atomic E-state index is -4.37. The normalized spacial score (nSPS) is 14.2. The number of hydrogen-bond acceptors (Lipinski definition) is 5. The van der Waals surface area contributed by atoms with Crippen molar-refractivity contribution in [3.05, 3.63) is 95.7 Å². The van der Waals surface area contributed by atoms with Crippen LogP contribution in [0.3, 0.4) is 0 Å². The summed E-state index contributed by atoms with van der Waals surface area (Å²) in [5.41, 5.74) is 4.35. The first-order chi connectivity index (χ1) is 16.0. The lowest BCUT2D eigenvalue weighted by Gasteiger charge is -2.28. The van der Waals surface area contributed by atoms with Crippen LogP contribution in [0.5, 0.6) is 0 Å². The molecule has 5 nitrogen and oxygen atoms in total. The second-order valence-electron chi connectivity index (χ2n) is 8.00. The Morgan fingerprint density at radius 3 is 2.55 bits per heavy atom. The monoisotopic (exact) mass is 447 g/mol. The second-order valence-corrected chi connectivity index (χ2v) is 8.00. The van der Waals surface area contributed by atoms with E-state index >= 15 is 0 Å². The summed E-state index contributed by atoms with van der Waals surface area (Å²) >= 11 is 0. The topological polar surface area (TPSA) is 54.8 Å². The van der Waals surface area contributed by atoms with E-state index in [-0.39, 0.29) is 0 Å². The molecule has 4 heterocycles. The van der Waals surface area contributed by atoms with E-state index in [1.807, 2.05) is 24.4 Å². The van der Waals surface area contributed by atoms with Gasteiger partial charge in [-0.1, -0.05) is 18.2 Å². The molecule has 0 atom stereocenters. The van der Waals surface area contributed by atoms with Crippen LogP contribution in [0.2, 0.25) is 0 Å². The molecule has 1 aliphatic heterocycles. The SMILES string of the molecule is FC(F)(F)c1cccc(-c2ccc(CN3CCc4nc(-c5cccnc5)ncc4C3)cn2)c1. The number of benzene rings is 1. The van der Waals surface area contributed by atoms with Crippen molar-refractivity contribution in [3.63, 3.8) is 0 Å². The molecule has 0 spiro atoms. The summed E-state index contributed by atoms with van der Waals surface area (Å²) in [7, 11) is 0. The van der Waals surface area contributed by atoms with E-state index in [0.717, 1.165) is 54.0 Å². The van der Waals surface area contributed by atoms with Gasteiger partial charge in [-0.25, -0.2) is 9.97 Å². The molecule has 0 fully saturated rings. The molecule has 0 bridgehead atoms. The molecule has 0 saturated heterocycles. The third-order valence-electron chi connectivity index (χ3n) is 5.65. The Morgan fingerprint density at radius 2 is 1.79 bits per heavy atom. The number of rotatable bonds is 4. The van der Waals surface area contributed by atoms with Gasteiger partial charge in [0.05, 0.1) is 17.0 Å². The smallest absolute Gasteiger partial charge is 0.294 e. The highest BCUT2D eigenvalue weighted by molar-refractivity contribution is 5.60. The van der Waals surface area contributed by atoms with E-state index < -0.39 is 11.7 Å². The quantitative estimate of drug-likeness (QED) is 0.432. The van der Waals surface area contributed by atoms with Crippen molar-refractivity contribution in [1.29, 1.82) is 0 Å². The van der Waals surface area contributed by atoms with Crippen LogP contribution in [0.4, 0.5) is 13.2 Å². The van der Waals surface area contributed by atoms with Gasteiger partial charge in [-0.05, 0) is 35.9 Å². The Hall–Kier alpha value is -3.65. The molecular formula is C25H20F3N5. The van der Waals surface area contributed by atoms with Crippen LogP contribution in [0.1, 0.15) is 22.4 Å². The van der Waals surface area contributed by atoms with Crippen molar-refractivity contribution in [2.45, 2.75) is 25.7 Å². The van der Waals surface area contributed by atoms with Crippen LogP contribution < -0.4 is 0 Å². The molecule has 0 aliphatic carbocycles. The van der Waals surface area contributed by atoms with Crippen LogP contribution >= 0.6 is 0 Å². The van der Waals surface area contributed by atoms with Crippen molar-refractivity contribution >= 4 is 0 Å². The summed E-state index contributed by atoms with van der Waals surface area (Å²) < 4.78 is 39.0. The summed E-state index contributed by atoms with van der Waals surface area (Å²) in [6.45, 7) is 2.28. The fourth-order valence-electron chi connectivity index (χ4n) is 3.95. The van der Waals surface area contributed by atoms with E-state index in [1.165, 1.54) is 6.07 Å². The third kappa shape index (κ3) is 4.75. The lowest BCUT2D eigenvalue weighted by Crippen LogP contribution is -2.31. The lowest BCUT2D eigenvalue weighted by atomic mass is 10.1. The number of hydrogen-bond donors (Lipinski definition) is 0. The molecule has 4 aromatic rings. The van der Waals surface area contributed by atoms with Gasteiger partial charge in [0, 0.05) is 67.5 Å². The van der Waals surface area contributed by atoms with Crippen molar-refractivity contribution in [1.82, 2.24) is 24.8 Å². The highest BCUT2D eigenvalue weighted by Crippen LogP contribution is 2.31. The van der Waals surface area contributed by atoms with E-state index in [0.29, 0.717) is 23.6 Å². The zero-order valence-corrected chi connectivity index (χ0v) is 17.6. The minimum absolute atomic E-state index is 0.449. The maximum atomic E-state index is 13.0. The largest absolute Gasteiger partial charge is 0.416 e. The van der Waals surface area contributed by atoms with Crippen LogP contribution in [-0.2, 0) is 25.7 Å². The predicted molar refractivity (Wildman–Crippen MR) is 118 cm³/mol. The molecule has 5 rings (SSSR count). The van der Waals surface area contributed by atoms with Gasteiger partial charge in [0.2, 0.25) is 0 Å². The average molecular weight is 447 g/mol. The minimum Gasteiger partial charge on any atom is -0.294 e. The number of halogens is 3. The fraction of sp³-hybridized carbons (Fsp3) is 0.200. The maximum Gasteiger partial charge on any atom is 0.416 e. The standard InChI is InChI=1S/C25H20F3N5/c26-25(27,28)21-5-1-3-18(11-21)22-7-6-17(12-30-22)15-33-10-8-23-20(16-33)14-31-24(32-23)19-4-2-9-29-13-19/h1-7,9,11-14H,8,10,15-16H2. The lowest BCUT2D eigenvalue weighted by molar-refractivity contribution is -0.137. The summed E-state index contributed by atoms with van der Waals surface area (Å²) in [5.74, 6) is 0.685. The summed E-state index contributed by atoms with van der Waals surface area (Å²) in [6.07, 6.45) is 3.54. The van der Waals surface area contributed by atoms with Crippen LogP contribution in [0.25, 0.3) is 22.6 Å². The van der Waals surface area contributed by atoms with Gasteiger partial charge in [-0.15, -0.1) is 0 Å². The number of alkyl halides is 3. The molecule has 166 valence electrons. The van der Waals surface area contributed by atoms with Gasteiger partial charge in [0.25, 0.3) is 0 Å². The van der Waals surface area contributed by atoms with Gasteiger partial charge < -0.3 is 0 Å². The first-order valence-corrected chi connectivity index (χ1v) is 10.6. The molecule has 0 saturated carbocycles. The Bertz CT molecular complexity index is 1260. The van der Waals surface area contributed by atoms with Gasteiger partial charge in [-0.2, -0.15) is 13.2 Å². The molecule has 8 heteroatoms. The number of aromatic nitrogens is 4. The Morgan fingerprint density at radius 1 is 0.909 bits per heavy atom. The third-order valence-corrected chi connectivity index (χ3v) is 5.65. The number of nitrogens with zero attached hydrogens (tertiary/aromatic N) is 5. The molecular weight excluding hydrogens is 427 g/mol. The van der Waals surface area contributed by atoms with Crippen LogP contribution in [0.15, 0.2) is 73.3 Å². The average Bonchev–Trinajstić information content (AvgIpc) is 2.84. The number of fused-ring (bicyclic) bond motifs is 1. The van der Waals surface area contributed by atoms with Gasteiger partial charge >= 0.3 is 6.18 Å². The van der Waals surface area contributed by atoms with Gasteiger partial charge in [-0.3, -0.25) is 14.9 Å². The van der Waals surface area contributed by atoms with Gasteiger partial charge in [0.15, 0.2) is 5.82 Å². The first-order valence-electron chi connectivity index (χ1n) is 10.6. The van der Waals surface area contributed by atoms with Crippen molar-refractivity contribution in [2.75, 3.05) is 6.54 Å². The Balaban J connectivity index is 1.27. The Labute approximate surface area is 189 Å². The van der Waals surface area contributed by atoms with E-state index in [1.54, 1.807) is 30.7 Å². The molecule has 1 aliphatic rings. The highest BCUT2D eigenvalue weighted by Gasteiger charge is 2.30. The summed E-state index contributed by atoms with van der Waals surface area (Å²) in [6, 6.07) is 12.7. The molecule has 3 aromatic heterocycles. The van der Waals surface area contributed by atoms with Crippen molar-refractivity contribution in [2.24, 2.45) is 0 Å². The van der Waals surface area contributed by atoms with Crippen LogP contribution in [-0.4, -0.2) is 31.4 Å². The highest BCUT2D eigenvalue weighted by atomic mass is 19.4. The number of pyridine rings is 2. The molecule has 0 amide bonds. The van der Waals surface area contributed by atoms with Crippen LogP contribution in [0, 0.1) is 0 Å². The van der Waals surface area contributed by atoms with E-state index in [2.05, 4.69) is 19.9 Å². The summed E-state index contributed by atoms with van der Waals surface area (Å²) in [4.78, 5) is 20.0. The predicted octanol–water partition coefficient (Wildman–Crippen LogP) is 5.18. The zero-order chi connectivity index (χ0) is 22.8. The first kappa shape index (κ1) is 21.2. The Kier molecular flexibility index (Phi) is 5.60. The molecule has 1 aromatic carbocycles. The zero-order valence-electron chi connectivity index (χ0n) is 17.6. The van der Waals surface area contributed by atoms with Crippen molar-refractivity contribution in [3.8, 4) is 22.6 Å². The molecule has 33 heavy (non-hydrogen) atoms. The second kappa shape index (κ2) is 8.71. The fourth-order valence-corrected chi connectivity index (χ4v) is 3.95. The van der Waals surface area contributed by atoms with E-state index in [4.69, 9.17) is 4.98 Å². The van der Waals surface area contributed by atoms with Crippen molar-refractivity contribution < 1.29 is 13.2 Å².